The van der Waals surface area contributed by atoms with Crippen molar-refractivity contribution >= 4 is 20.7 Å². The van der Waals surface area contributed by atoms with E-state index in [0.717, 1.165) is 5.56 Å². The quantitative estimate of drug-likeness (QED) is 0.832. The lowest BCUT2D eigenvalue weighted by Crippen LogP contribution is -2.13. The Bertz CT molecular complexity index is 569. The fraction of sp³-hybridized carbons (Fsp3) is 0.231. The maximum absolute atomic E-state index is 13.1. The van der Waals surface area contributed by atoms with Crippen molar-refractivity contribution in [2.75, 3.05) is 6.54 Å². The topological polar surface area (TPSA) is 50.7 Å². The highest BCUT2D eigenvalue weighted by atomic mass is 31.0. The molecule has 1 atom stereocenters. The summed E-state index contributed by atoms with van der Waals surface area (Å²) in [5, 5.41) is 0. The summed E-state index contributed by atoms with van der Waals surface area (Å²) in [7, 11) is 1.52. The maximum Gasteiger partial charge on any atom is 0.283 e. The highest BCUT2D eigenvalue weighted by Crippen LogP contribution is 2.34. The molecule has 0 saturated heterocycles. The molecule has 2 rings (SSSR count). The van der Waals surface area contributed by atoms with Crippen LogP contribution in [-0.4, -0.2) is 18.0 Å². The summed E-state index contributed by atoms with van der Waals surface area (Å²) in [6.45, 7) is 2.23. The molecular weight excluding hydrogens is 267 g/mol. The highest BCUT2D eigenvalue weighted by molar-refractivity contribution is 7.17. The van der Waals surface area contributed by atoms with Gasteiger partial charge in [0.25, 0.3) is 5.66 Å². The molecule has 0 aromatic heterocycles. The van der Waals surface area contributed by atoms with Crippen LogP contribution in [0.1, 0.15) is 18.1 Å². The van der Waals surface area contributed by atoms with Gasteiger partial charge in [-0.1, -0.05) is 33.5 Å². The average molecular weight is 281 g/mol. The van der Waals surface area contributed by atoms with Crippen LogP contribution in [0.4, 0.5) is 8.78 Å². The molecule has 0 radical (unpaired) electrons. The molecule has 1 aromatic carbocycles. The summed E-state index contributed by atoms with van der Waals surface area (Å²) >= 11 is 0. The number of aliphatic imine (C=N–C) groups is 2. The van der Waals surface area contributed by atoms with E-state index in [4.69, 9.17) is 5.73 Å². The summed E-state index contributed by atoms with van der Waals surface area (Å²) in [6, 6.07) is 6.01. The van der Waals surface area contributed by atoms with Gasteiger partial charge in [0.1, 0.15) is 5.82 Å². The number of nitrogens with zero attached hydrogens (tertiary/aromatic N) is 2. The van der Waals surface area contributed by atoms with Crippen LogP contribution in [0.5, 0.6) is 0 Å². The first-order chi connectivity index (χ1) is 8.88. The van der Waals surface area contributed by atoms with Crippen molar-refractivity contribution < 1.29 is 8.78 Å². The van der Waals surface area contributed by atoms with Gasteiger partial charge in [-0.25, -0.2) is 4.99 Å². The van der Waals surface area contributed by atoms with E-state index in [9.17, 15) is 8.78 Å². The molecule has 0 aliphatic carbocycles. The van der Waals surface area contributed by atoms with Crippen LogP contribution >= 0.6 is 9.24 Å². The number of rotatable bonds is 2. The van der Waals surface area contributed by atoms with Crippen molar-refractivity contribution in [1.82, 2.24) is 0 Å². The zero-order valence-corrected chi connectivity index (χ0v) is 11.6. The predicted molar refractivity (Wildman–Crippen MR) is 76.8 cm³/mol. The molecule has 6 heteroatoms. The minimum atomic E-state index is -2.92. The number of alkyl halides is 2. The Kier molecular flexibility index (Phi) is 3.76. The third kappa shape index (κ3) is 3.24. The van der Waals surface area contributed by atoms with Gasteiger partial charge in [0.15, 0.2) is 0 Å². The molecule has 1 heterocycles. The van der Waals surface area contributed by atoms with Crippen LogP contribution in [0, 0.1) is 0 Å². The monoisotopic (exact) mass is 281 g/mol. The molecule has 1 aromatic rings. The zero-order valence-electron chi connectivity index (χ0n) is 10.4. The Morgan fingerprint density at radius 1 is 1.26 bits per heavy atom. The predicted octanol–water partition coefficient (Wildman–Crippen LogP) is 2.67. The molecule has 19 heavy (non-hydrogen) atoms. The van der Waals surface area contributed by atoms with Gasteiger partial charge in [-0.3, -0.25) is 4.99 Å². The molecule has 100 valence electrons. The van der Waals surface area contributed by atoms with Crippen LogP contribution in [0.3, 0.4) is 0 Å². The van der Waals surface area contributed by atoms with Crippen molar-refractivity contribution in [3.8, 4) is 0 Å². The summed E-state index contributed by atoms with van der Waals surface area (Å²) in [4.78, 5) is 8.53. The van der Waals surface area contributed by atoms with Gasteiger partial charge in [-0.05, 0) is 13.0 Å². The number of hydrogen-bond acceptors (Lipinski definition) is 3. The lowest BCUT2D eigenvalue weighted by Gasteiger charge is -2.11. The van der Waals surface area contributed by atoms with Crippen LogP contribution in [-0.2, 0) is 5.66 Å². The van der Waals surface area contributed by atoms with E-state index in [0.29, 0.717) is 23.8 Å². The van der Waals surface area contributed by atoms with Gasteiger partial charge < -0.3 is 5.73 Å². The minimum absolute atomic E-state index is 0.0531. The zero-order chi connectivity index (χ0) is 14.0. The normalized spacial score (nSPS) is 16.3. The molecule has 3 nitrogen and oxygen atoms in total. The van der Waals surface area contributed by atoms with Crippen molar-refractivity contribution in [2.24, 2.45) is 15.7 Å². The molecule has 0 spiro atoms. The third-order valence-electron chi connectivity index (χ3n) is 2.73. The van der Waals surface area contributed by atoms with E-state index in [1.165, 1.54) is 21.4 Å². The molecule has 1 unspecified atom stereocenters. The standard InChI is InChI=1S/C13H14F2N3P/c1-8-12(17-7-6-11(16)18-8)9-2-4-10(5-3-9)13(14,15)19/h2-6H,7,16,19H2,1H3. The first kappa shape index (κ1) is 13.8. The van der Waals surface area contributed by atoms with Gasteiger partial charge in [-0.15, -0.1) is 0 Å². The second-order valence-corrected chi connectivity index (χ2v) is 4.94. The van der Waals surface area contributed by atoms with E-state index in [-0.39, 0.29) is 5.56 Å². The number of hydrogen-bond donors (Lipinski definition) is 1. The van der Waals surface area contributed by atoms with Gasteiger partial charge in [0.05, 0.1) is 18.0 Å². The fourth-order valence-electron chi connectivity index (χ4n) is 1.79. The van der Waals surface area contributed by atoms with Crippen molar-refractivity contribution in [1.29, 1.82) is 0 Å². The molecule has 1 aliphatic heterocycles. The Labute approximate surface area is 112 Å². The maximum atomic E-state index is 13.1. The summed E-state index contributed by atoms with van der Waals surface area (Å²) in [5.74, 6) is 0.421. The Morgan fingerprint density at radius 3 is 2.47 bits per heavy atom. The Balaban J connectivity index is 2.34. The number of nitrogens with two attached hydrogens (primary N) is 1. The van der Waals surface area contributed by atoms with Crippen molar-refractivity contribution in [3.05, 3.63) is 47.3 Å². The fourth-order valence-corrected chi connectivity index (χ4v) is 1.98. The van der Waals surface area contributed by atoms with Crippen LogP contribution in [0.25, 0.3) is 0 Å². The van der Waals surface area contributed by atoms with Crippen LogP contribution < -0.4 is 5.73 Å². The van der Waals surface area contributed by atoms with Gasteiger partial charge in [0, 0.05) is 11.1 Å². The van der Waals surface area contributed by atoms with Crippen molar-refractivity contribution in [2.45, 2.75) is 12.6 Å². The molecule has 0 amide bonds. The Morgan fingerprint density at radius 2 is 1.89 bits per heavy atom. The molecule has 2 N–H and O–H groups in total. The smallest absolute Gasteiger partial charge is 0.283 e. The van der Waals surface area contributed by atoms with Crippen LogP contribution in [0.15, 0.2) is 46.1 Å². The Hall–Kier alpha value is -1.61. The largest absolute Gasteiger partial charge is 0.384 e. The van der Waals surface area contributed by atoms with E-state index in [1.54, 1.807) is 25.1 Å². The SMILES string of the molecule is CC1=NC(N)=CCN=C1c1ccc(C(F)(F)P)cc1. The molecule has 0 saturated carbocycles. The first-order valence-corrected chi connectivity index (χ1v) is 6.29. The molecular formula is C13H14F2N3P. The number of benzene rings is 1. The minimum Gasteiger partial charge on any atom is -0.384 e. The lowest BCUT2D eigenvalue weighted by atomic mass is 10.0. The lowest BCUT2D eigenvalue weighted by molar-refractivity contribution is 0.104. The number of halogens is 2. The van der Waals surface area contributed by atoms with E-state index >= 15 is 0 Å². The van der Waals surface area contributed by atoms with Gasteiger partial charge in [0.2, 0.25) is 0 Å². The molecule has 0 fully saturated rings. The van der Waals surface area contributed by atoms with Gasteiger partial charge in [-0.2, -0.15) is 8.78 Å². The second-order valence-electron chi connectivity index (χ2n) is 4.22. The second kappa shape index (κ2) is 5.17. The summed E-state index contributed by atoms with van der Waals surface area (Å²) in [5.41, 5.74) is 4.78. The molecule has 1 aliphatic rings. The summed E-state index contributed by atoms with van der Waals surface area (Å²) in [6.07, 6.45) is 1.71. The van der Waals surface area contributed by atoms with Crippen molar-refractivity contribution in [3.63, 3.8) is 0 Å². The van der Waals surface area contributed by atoms with Crippen LogP contribution in [0.2, 0.25) is 0 Å². The summed E-state index contributed by atoms with van der Waals surface area (Å²) < 4.78 is 26.2. The van der Waals surface area contributed by atoms with E-state index < -0.39 is 5.66 Å². The van der Waals surface area contributed by atoms with E-state index in [1.807, 2.05) is 0 Å². The molecule has 0 bridgehead atoms. The third-order valence-corrected chi connectivity index (χ3v) is 3.07. The van der Waals surface area contributed by atoms with E-state index in [2.05, 4.69) is 9.98 Å². The average Bonchev–Trinajstić information content (AvgIpc) is 2.49. The highest BCUT2D eigenvalue weighted by Gasteiger charge is 2.24. The first-order valence-electron chi connectivity index (χ1n) is 5.71. The van der Waals surface area contributed by atoms with Gasteiger partial charge >= 0.3 is 0 Å².